The minimum Gasteiger partial charge on any atom is -0.481 e. The second-order valence-corrected chi connectivity index (χ2v) is 6.71. The van der Waals surface area contributed by atoms with Crippen LogP contribution in [0.4, 0.5) is 13.2 Å². The number of rotatable bonds is 6. The molecule has 1 aliphatic rings. The van der Waals surface area contributed by atoms with E-state index in [0.717, 1.165) is 16.0 Å². The van der Waals surface area contributed by atoms with Crippen molar-refractivity contribution in [3.63, 3.8) is 0 Å². The summed E-state index contributed by atoms with van der Waals surface area (Å²) in [5.74, 6) is -3.12. The molecular formula is C18H21F3N2O4. The maximum absolute atomic E-state index is 13.1. The highest BCUT2D eigenvalue weighted by atomic mass is 19.4. The van der Waals surface area contributed by atoms with Gasteiger partial charge in [-0.2, -0.15) is 13.2 Å². The first-order valence-electron chi connectivity index (χ1n) is 8.45. The maximum Gasteiger partial charge on any atom is 0.406 e. The lowest BCUT2D eigenvalue weighted by molar-refractivity contribution is -0.227. The third kappa shape index (κ3) is 4.78. The molecule has 1 fully saturated rings. The van der Waals surface area contributed by atoms with Gasteiger partial charge in [0.15, 0.2) is 5.41 Å². The number of hydrogen-bond acceptors (Lipinski definition) is 3. The van der Waals surface area contributed by atoms with Gasteiger partial charge in [-0.15, -0.1) is 0 Å². The standard InChI is InChI=1S/C18H21F3N2O4/c1-12-2-4-13(5-3-12)6-7-14(24)22-10-15(25)23-9-8-17(11-23,16(26)27)18(19,20)21/h2-5H,6-11H2,1H3,(H,22,24)(H,26,27). The van der Waals surface area contributed by atoms with Crippen LogP contribution in [-0.2, 0) is 20.8 Å². The Balaban J connectivity index is 1.82. The van der Waals surface area contributed by atoms with Gasteiger partial charge in [-0.1, -0.05) is 29.8 Å². The number of hydrogen-bond donors (Lipinski definition) is 2. The van der Waals surface area contributed by atoms with Gasteiger partial charge < -0.3 is 15.3 Å². The molecule has 1 aromatic rings. The molecule has 6 nitrogen and oxygen atoms in total. The van der Waals surface area contributed by atoms with E-state index in [4.69, 9.17) is 5.11 Å². The number of aryl methyl sites for hydroxylation is 2. The number of aliphatic carboxylic acids is 1. The highest BCUT2D eigenvalue weighted by Gasteiger charge is 2.64. The van der Waals surface area contributed by atoms with Gasteiger partial charge in [0.05, 0.1) is 6.54 Å². The van der Waals surface area contributed by atoms with E-state index in [9.17, 15) is 27.6 Å². The summed E-state index contributed by atoms with van der Waals surface area (Å²) in [6, 6.07) is 7.61. The van der Waals surface area contributed by atoms with Crippen molar-refractivity contribution in [1.29, 1.82) is 0 Å². The number of benzene rings is 1. The van der Waals surface area contributed by atoms with E-state index in [-0.39, 0.29) is 13.0 Å². The van der Waals surface area contributed by atoms with Gasteiger partial charge in [-0.25, -0.2) is 0 Å². The number of carboxylic acid groups (broad SMARTS) is 1. The molecule has 2 N–H and O–H groups in total. The average Bonchev–Trinajstić information content (AvgIpc) is 3.06. The lowest BCUT2D eigenvalue weighted by atomic mass is 9.86. The number of nitrogens with one attached hydrogen (secondary N) is 1. The van der Waals surface area contributed by atoms with Crippen LogP contribution in [-0.4, -0.2) is 53.6 Å². The van der Waals surface area contributed by atoms with Crippen molar-refractivity contribution in [2.45, 2.75) is 32.4 Å². The highest BCUT2D eigenvalue weighted by molar-refractivity contribution is 5.86. The molecular weight excluding hydrogens is 365 g/mol. The first-order chi connectivity index (χ1) is 12.5. The van der Waals surface area contributed by atoms with Crippen molar-refractivity contribution in [2.75, 3.05) is 19.6 Å². The topological polar surface area (TPSA) is 86.7 Å². The van der Waals surface area contributed by atoms with Crippen LogP contribution >= 0.6 is 0 Å². The Bertz CT molecular complexity index is 718. The Kier molecular flexibility index (Phi) is 6.12. The molecule has 0 spiro atoms. The molecule has 1 aromatic carbocycles. The summed E-state index contributed by atoms with van der Waals surface area (Å²) in [5.41, 5.74) is -0.897. The number of carbonyl (C=O) groups is 3. The van der Waals surface area contributed by atoms with E-state index >= 15 is 0 Å². The normalized spacial score (nSPS) is 19.8. The molecule has 0 saturated carbocycles. The molecule has 0 bridgehead atoms. The number of carboxylic acids is 1. The fraction of sp³-hybridized carbons (Fsp3) is 0.500. The minimum absolute atomic E-state index is 0.137. The molecule has 1 aliphatic heterocycles. The van der Waals surface area contributed by atoms with Gasteiger partial charge in [0, 0.05) is 19.5 Å². The number of alkyl halides is 3. The predicted octanol–water partition coefficient (Wildman–Crippen LogP) is 1.91. The summed E-state index contributed by atoms with van der Waals surface area (Å²) in [7, 11) is 0. The highest BCUT2D eigenvalue weighted by Crippen LogP contribution is 2.45. The van der Waals surface area contributed by atoms with E-state index < -0.39 is 48.9 Å². The van der Waals surface area contributed by atoms with Gasteiger partial charge in [-0.05, 0) is 25.3 Å². The van der Waals surface area contributed by atoms with Crippen LogP contribution in [0.15, 0.2) is 24.3 Å². The molecule has 1 atom stereocenters. The van der Waals surface area contributed by atoms with Crippen LogP contribution in [0.1, 0.15) is 24.0 Å². The summed E-state index contributed by atoms with van der Waals surface area (Å²) >= 11 is 0. The third-order valence-corrected chi connectivity index (χ3v) is 4.77. The van der Waals surface area contributed by atoms with Crippen molar-refractivity contribution in [1.82, 2.24) is 10.2 Å². The molecule has 0 aromatic heterocycles. The second kappa shape index (κ2) is 7.98. The molecule has 0 aliphatic carbocycles. The quantitative estimate of drug-likeness (QED) is 0.782. The molecule has 27 heavy (non-hydrogen) atoms. The second-order valence-electron chi connectivity index (χ2n) is 6.71. The number of nitrogens with zero attached hydrogens (tertiary/aromatic N) is 1. The molecule has 0 radical (unpaired) electrons. The summed E-state index contributed by atoms with van der Waals surface area (Å²) in [5, 5.41) is 11.4. The number of carbonyl (C=O) groups excluding carboxylic acids is 2. The monoisotopic (exact) mass is 386 g/mol. The maximum atomic E-state index is 13.1. The molecule has 1 unspecified atom stereocenters. The van der Waals surface area contributed by atoms with E-state index in [1.807, 2.05) is 31.2 Å². The smallest absolute Gasteiger partial charge is 0.406 e. The lowest BCUT2D eigenvalue weighted by Gasteiger charge is -2.27. The van der Waals surface area contributed by atoms with E-state index in [0.29, 0.717) is 6.42 Å². The van der Waals surface area contributed by atoms with Crippen LogP contribution in [0.5, 0.6) is 0 Å². The van der Waals surface area contributed by atoms with Crippen LogP contribution in [0.25, 0.3) is 0 Å². The predicted molar refractivity (Wildman–Crippen MR) is 89.8 cm³/mol. The summed E-state index contributed by atoms with van der Waals surface area (Å²) in [4.78, 5) is 35.8. The van der Waals surface area contributed by atoms with Gasteiger partial charge >= 0.3 is 12.1 Å². The minimum atomic E-state index is -4.95. The first kappa shape index (κ1) is 20.7. The Morgan fingerprint density at radius 1 is 1.22 bits per heavy atom. The zero-order chi connectivity index (χ0) is 20.2. The van der Waals surface area contributed by atoms with Crippen LogP contribution < -0.4 is 5.32 Å². The molecule has 2 rings (SSSR count). The number of amides is 2. The average molecular weight is 386 g/mol. The van der Waals surface area contributed by atoms with Crippen LogP contribution in [0.3, 0.4) is 0 Å². The lowest BCUT2D eigenvalue weighted by Crippen LogP contribution is -2.48. The molecule has 9 heteroatoms. The Hall–Kier alpha value is -2.58. The van der Waals surface area contributed by atoms with Crippen molar-refractivity contribution in [3.8, 4) is 0 Å². The molecule has 1 saturated heterocycles. The van der Waals surface area contributed by atoms with Crippen LogP contribution in [0, 0.1) is 12.3 Å². The van der Waals surface area contributed by atoms with E-state index in [1.54, 1.807) is 0 Å². The third-order valence-electron chi connectivity index (χ3n) is 4.77. The first-order valence-corrected chi connectivity index (χ1v) is 8.45. The SMILES string of the molecule is Cc1ccc(CCC(=O)NCC(=O)N2CCC(C(=O)O)(C(F)(F)F)C2)cc1. The summed E-state index contributed by atoms with van der Waals surface area (Å²) in [6.07, 6.45) is -5.04. The van der Waals surface area contributed by atoms with Crippen molar-refractivity contribution >= 4 is 17.8 Å². The van der Waals surface area contributed by atoms with Crippen molar-refractivity contribution in [2.24, 2.45) is 5.41 Å². The zero-order valence-electron chi connectivity index (χ0n) is 14.8. The van der Waals surface area contributed by atoms with Gasteiger partial charge in [0.25, 0.3) is 0 Å². The number of likely N-dealkylation sites (tertiary alicyclic amines) is 1. The van der Waals surface area contributed by atoms with Crippen molar-refractivity contribution < 1.29 is 32.7 Å². The van der Waals surface area contributed by atoms with Gasteiger partial charge in [-0.3, -0.25) is 14.4 Å². The Labute approximate surface area is 154 Å². The van der Waals surface area contributed by atoms with Crippen LogP contribution in [0.2, 0.25) is 0 Å². The zero-order valence-corrected chi connectivity index (χ0v) is 14.8. The summed E-state index contributed by atoms with van der Waals surface area (Å²) < 4.78 is 39.3. The Morgan fingerprint density at radius 3 is 2.37 bits per heavy atom. The van der Waals surface area contributed by atoms with Gasteiger partial charge in [0.2, 0.25) is 11.8 Å². The molecule has 148 valence electrons. The Morgan fingerprint density at radius 2 is 1.85 bits per heavy atom. The summed E-state index contributed by atoms with van der Waals surface area (Å²) in [6.45, 7) is 0.229. The fourth-order valence-corrected chi connectivity index (χ4v) is 2.94. The molecule has 1 heterocycles. The fourth-order valence-electron chi connectivity index (χ4n) is 2.94. The largest absolute Gasteiger partial charge is 0.481 e. The number of halogens is 3. The van der Waals surface area contributed by atoms with Crippen molar-refractivity contribution in [3.05, 3.63) is 35.4 Å². The molecule has 2 amide bonds. The van der Waals surface area contributed by atoms with E-state index in [2.05, 4.69) is 5.32 Å². The van der Waals surface area contributed by atoms with E-state index in [1.165, 1.54) is 0 Å². The van der Waals surface area contributed by atoms with Gasteiger partial charge in [0.1, 0.15) is 0 Å².